The lowest BCUT2D eigenvalue weighted by Crippen LogP contribution is -2.58. The molecule has 1 aromatic rings. The van der Waals surface area contributed by atoms with Crippen molar-refractivity contribution in [1.82, 2.24) is 9.88 Å². The van der Waals surface area contributed by atoms with E-state index in [9.17, 15) is 5.11 Å². The van der Waals surface area contributed by atoms with Gasteiger partial charge < -0.3 is 9.84 Å². The number of aliphatic hydroxyl groups is 1. The normalized spacial score (nSPS) is 22.1. The van der Waals surface area contributed by atoms with Crippen molar-refractivity contribution in [2.45, 2.75) is 45.3 Å². The third-order valence-corrected chi connectivity index (χ3v) is 5.06. The minimum atomic E-state index is -0.392. The second-order valence-corrected chi connectivity index (χ2v) is 6.45. The number of aryl methyl sites for hydroxylation is 1. The van der Waals surface area contributed by atoms with E-state index in [0.29, 0.717) is 6.42 Å². The molecular weight excluding hydrogens is 260 g/mol. The molecule has 2 unspecified atom stereocenters. The molecule has 0 aromatic carbocycles. The molecule has 0 spiro atoms. The first kappa shape index (κ1) is 14.9. The third-order valence-electron chi connectivity index (χ3n) is 4.24. The van der Waals surface area contributed by atoms with E-state index in [2.05, 4.69) is 23.7 Å². The van der Waals surface area contributed by atoms with Crippen molar-refractivity contribution in [2.75, 3.05) is 26.3 Å². The lowest BCUT2D eigenvalue weighted by atomic mass is 9.86. The van der Waals surface area contributed by atoms with E-state index in [1.165, 1.54) is 0 Å². The maximum Gasteiger partial charge on any atom is 0.0897 e. The number of hydrogen-bond donors (Lipinski definition) is 1. The molecule has 2 rings (SSSR count). The van der Waals surface area contributed by atoms with Crippen molar-refractivity contribution in [3.05, 3.63) is 16.1 Å². The van der Waals surface area contributed by atoms with Crippen molar-refractivity contribution < 1.29 is 9.84 Å². The number of thiazole rings is 1. The summed E-state index contributed by atoms with van der Waals surface area (Å²) in [6, 6.07) is 0. The predicted molar refractivity (Wildman–Crippen MR) is 77.6 cm³/mol. The SMILES string of the molecule is CCC(C)(C(O)Cc1csc(C)n1)N1CCOCC1. The molecule has 1 N–H and O–H groups in total. The van der Waals surface area contributed by atoms with Gasteiger partial charge in [-0.3, -0.25) is 4.90 Å². The van der Waals surface area contributed by atoms with Crippen molar-refractivity contribution in [3.8, 4) is 0 Å². The summed E-state index contributed by atoms with van der Waals surface area (Å²) in [5.74, 6) is 0. The molecule has 1 fully saturated rings. The van der Waals surface area contributed by atoms with Gasteiger partial charge in [-0.1, -0.05) is 6.92 Å². The summed E-state index contributed by atoms with van der Waals surface area (Å²) < 4.78 is 5.41. The molecule has 5 heteroatoms. The highest BCUT2D eigenvalue weighted by molar-refractivity contribution is 7.09. The molecule has 2 atom stereocenters. The number of aliphatic hydroxyl groups excluding tert-OH is 1. The van der Waals surface area contributed by atoms with Gasteiger partial charge in [0.05, 0.1) is 30.0 Å². The summed E-state index contributed by atoms with van der Waals surface area (Å²) in [5.41, 5.74) is 0.810. The second kappa shape index (κ2) is 6.31. The fourth-order valence-corrected chi connectivity index (χ4v) is 3.29. The van der Waals surface area contributed by atoms with Crippen LogP contribution in [-0.2, 0) is 11.2 Å². The van der Waals surface area contributed by atoms with Crippen molar-refractivity contribution >= 4 is 11.3 Å². The number of nitrogens with zero attached hydrogens (tertiary/aromatic N) is 2. The van der Waals surface area contributed by atoms with Crippen LogP contribution in [0, 0.1) is 6.92 Å². The molecule has 0 saturated carbocycles. The maximum absolute atomic E-state index is 10.7. The van der Waals surface area contributed by atoms with Crippen LogP contribution in [0.2, 0.25) is 0 Å². The first-order valence-electron chi connectivity index (χ1n) is 6.98. The smallest absolute Gasteiger partial charge is 0.0897 e. The molecule has 2 heterocycles. The highest BCUT2D eigenvalue weighted by Gasteiger charge is 2.38. The van der Waals surface area contributed by atoms with E-state index in [1.54, 1.807) is 11.3 Å². The first-order chi connectivity index (χ1) is 9.06. The molecular formula is C14H24N2O2S. The highest BCUT2D eigenvalue weighted by Crippen LogP contribution is 2.27. The van der Waals surface area contributed by atoms with Gasteiger partial charge in [-0.2, -0.15) is 0 Å². The monoisotopic (exact) mass is 284 g/mol. The zero-order chi connectivity index (χ0) is 13.9. The lowest BCUT2D eigenvalue weighted by Gasteiger charge is -2.45. The van der Waals surface area contributed by atoms with E-state index in [-0.39, 0.29) is 5.54 Å². The Kier molecular flexibility index (Phi) is 4.95. The summed E-state index contributed by atoms with van der Waals surface area (Å²) in [7, 11) is 0. The average molecular weight is 284 g/mol. The zero-order valence-electron chi connectivity index (χ0n) is 12.1. The summed E-state index contributed by atoms with van der Waals surface area (Å²) in [4.78, 5) is 6.82. The molecule has 108 valence electrons. The van der Waals surface area contributed by atoms with E-state index >= 15 is 0 Å². The van der Waals surface area contributed by atoms with Gasteiger partial charge in [0.2, 0.25) is 0 Å². The standard InChI is InChI=1S/C14H24N2O2S/c1-4-14(3,16-5-7-18-8-6-16)13(17)9-12-10-19-11(2)15-12/h10,13,17H,4-9H2,1-3H3. The molecule has 1 aromatic heterocycles. The fourth-order valence-electron chi connectivity index (χ4n) is 2.66. The quantitative estimate of drug-likeness (QED) is 0.896. The van der Waals surface area contributed by atoms with Crippen LogP contribution >= 0.6 is 11.3 Å². The van der Waals surface area contributed by atoms with Gasteiger partial charge in [-0.15, -0.1) is 11.3 Å². The molecule has 1 saturated heterocycles. The minimum Gasteiger partial charge on any atom is -0.391 e. The van der Waals surface area contributed by atoms with E-state index < -0.39 is 6.10 Å². The number of rotatable bonds is 5. The molecule has 1 aliphatic heterocycles. The third kappa shape index (κ3) is 3.34. The number of hydrogen-bond acceptors (Lipinski definition) is 5. The van der Waals surface area contributed by atoms with Gasteiger partial charge in [-0.25, -0.2) is 4.98 Å². The van der Waals surface area contributed by atoms with Crippen LogP contribution in [0.5, 0.6) is 0 Å². The summed E-state index contributed by atoms with van der Waals surface area (Å²) in [5, 5.41) is 13.8. The van der Waals surface area contributed by atoms with Crippen LogP contribution in [0.25, 0.3) is 0 Å². The van der Waals surface area contributed by atoms with Gasteiger partial charge >= 0.3 is 0 Å². The van der Waals surface area contributed by atoms with E-state index in [4.69, 9.17) is 4.74 Å². The van der Waals surface area contributed by atoms with Crippen LogP contribution in [-0.4, -0.2) is 52.9 Å². The Labute approximate surface area is 119 Å². The van der Waals surface area contributed by atoms with Crippen molar-refractivity contribution in [2.24, 2.45) is 0 Å². The Balaban J connectivity index is 2.06. The fraction of sp³-hybridized carbons (Fsp3) is 0.786. The van der Waals surface area contributed by atoms with Crippen LogP contribution in [0.15, 0.2) is 5.38 Å². The molecule has 4 nitrogen and oxygen atoms in total. The van der Waals surface area contributed by atoms with E-state index in [1.807, 2.05) is 12.3 Å². The molecule has 0 amide bonds. The minimum absolute atomic E-state index is 0.193. The molecule has 0 bridgehead atoms. The van der Waals surface area contributed by atoms with Crippen LogP contribution < -0.4 is 0 Å². The summed E-state index contributed by atoms with van der Waals surface area (Å²) in [6.07, 6.45) is 1.17. The summed E-state index contributed by atoms with van der Waals surface area (Å²) in [6.45, 7) is 9.62. The van der Waals surface area contributed by atoms with Gasteiger partial charge in [0.15, 0.2) is 0 Å². The lowest BCUT2D eigenvalue weighted by molar-refractivity contribution is -0.0716. The zero-order valence-corrected chi connectivity index (χ0v) is 12.9. The Hall–Kier alpha value is -0.490. The number of morpholine rings is 1. The molecule has 1 aliphatic rings. The Morgan fingerprint density at radius 2 is 2.21 bits per heavy atom. The maximum atomic E-state index is 10.7. The van der Waals surface area contributed by atoms with Crippen LogP contribution in [0.3, 0.4) is 0 Å². The molecule has 0 aliphatic carbocycles. The Bertz CT molecular complexity index is 404. The van der Waals surface area contributed by atoms with Crippen molar-refractivity contribution in [3.63, 3.8) is 0 Å². The van der Waals surface area contributed by atoms with Gasteiger partial charge in [-0.05, 0) is 20.3 Å². The van der Waals surface area contributed by atoms with Crippen LogP contribution in [0.4, 0.5) is 0 Å². The summed E-state index contributed by atoms with van der Waals surface area (Å²) >= 11 is 1.64. The van der Waals surface area contributed by atoms with E-state index in [0.717, 1.165) is 43.4 Å². The largest absolute Gasteiger partial charge is 0.391 e. The second-order valence-electron chi connectivity index (χ2n) is 5.39. The number of ether oxygens (including phenoxy) is 1. The van der Waals surface area contributed by atoms with Crippen molar-refractivity contribution in [1.29, 1.82) is 0 Å². The van der Waals surface area contributed by atoms with Gasteiger partial charge in [0, 0.05) is 30.4 Å². The molecule has 19 heavy (non-hydrogen) atoms. The highest BCUT2D eigenvalue weighted by atomic mass is 32.1. The first-order valence-corrected chi connectivity index (χ1v) is 7.86. The van der Waals surface area contributed by atoms with Crippen LogP contribution in [0.1, 0.15) is 31.0 Å². The number of aromatic nitrogens is 1. The van der Waals surface area contributed by atoms with Gasteiger partial charge in [0.25, 0.3) is 0 Å². The predicted octanol–water partition coefficient (Wildman–Crippen LogP) is 1.86. The Morgan fingerprint density at radius 3 is 2.74 bits per heavy atom. The topological polar surface area (TPSA) is 45.6 Å². The average Bonchev–Trinajstić information content (AvgIpc) is 2.84. The van der Waals surface area contributed by atoms with Gasteiger partial charge in [0.1, 0.15) is 0 Å². The molecule has 0 radical (unpaired) electrons. The Morgan fingerprint density at radius 1 is 1.53 bits per heavy atom.